The molecule has 0 amide bonds. The third-order valence-corrected chi connectivity index (χ3v) is 3.95. The topological polar surface area (TPSA) is 75.6 Å². The molecule has 2 aliphatic rings. The summed E-state index contributed by atoms with van der Waals surface area (Å²) in [5.41, 5.74) is 1.58. The van der Waals surface area contributed by atoms with Gasteiger partial charge in [0.05, 0.1) is 14.2 Å². The zero-order chi connectivity index (χ0) is 18.1. The fourth-order valence-corrected chi connectivity index (χ4v) is 2.66. The third-order valence-electron chi connectivity index (χ3n) is 3.95. The van der Waals surface area contributed by atoms with Crippen molar-refractivity contribution in [2.45, 2.75) is 0 Å². The van der Waals surface area contributed by atoms with Crippen molar-refractivity contribution in [3.63, 3.8) is 0 Å². The van der Waals surface area contributed by atoms with E-state index in [1.54, 1.807) is 56.7 Å². The summed E-state index contributed by atoms with van der Waals surface area (Å²) in [7, 11) is 3.11. The highest BCUT2D eigenvalue weighted by molar-refractivity contribution is 6.13. The van der Waals surface area contributed by atoms with Gasteiger partial charge in [-0.25, -0.2) is 9.79 Å². The van der Waals surface area contributed by atoms with Gasteiger partial charge in [0.2, 0.25) is 12.7 Å². The van der Waals surface area contributed by atoms with Gasteiger partial charge in [0.15, 0.2) is 28.7 Å². The summed E-state index contributed by atoms with van der Waals surface area (Å²) >= 11 is 0. The van der Waals surface area contributed by atoms with E-state index < -0.39 is 5.97 Å². The average Bonchev–Trinajstić information content (AvgIpc) is 3.27. The van der Waals surface area contributed by atoms with Gasteiger partial charge in [-0.3, -0.25) is 0 Å². The smallest absolute Gasteiger partial charge is 0.363 e. The fraction of sp³-hybridized carbons (Fsp3) is 0.158. The first-order valence-corrected chi connectivity index (χ1v) is 7.82. The molecule has 0 spiro atoms. The molecule has 2 heterocycles. The monoisotopic (exact) mass is 353 g/mol. The van der Waals surface area contributed by atoms with Gasteiger partial charge in [-0.1, -0.05) is 6.07 Å². The molecule has 0 aromatic heterocycles. The van der Waals surface area contributed by atoms with E-state index in [0.29, 0.717) is 28.6 Å². The second-order valence-corrected chi connectivity index (χ2v) is 5.52. The second-order valence-electron chi connectivity index (χ2n) is 5.52. The molecule has 4 rings (SSSR count). The van der Waals surface area contributed by atoms with Gasteiger partial charge in [-0.2, -0.15) is 0 Å². The van der Waals surface area contributed by atoms with Crippen molar-refractivity contribution in [3.05, 3.63) is 53.2 Å². The molecule has 0 bridgehead atoms. The van der Waals surface area contributed by atoms with E-state index in [2.05, 4.69) is 4.99 Å². The molecule has 2 aliphatic heterocycles. The maximum atomic E-state index is 12.2. The molecule has 2 aromatic carbocycles. The Balaban J connectivity index is 1.65. The van der Waals surface area contributed by atoms with Crippen LogP contribution in [0, 0.1) is 0 Å². The Morgan fingerprint density at radius 1 is 1.00 bits per heavy atom. The number of aliphatic imine (C=N–C) groups is 1. The zero-order valence-electron chi connectivity index (χ0n) is 14.1. The number of ether oxygens (including phenoxy) is 5. The Morgan fingerprint density at radius 3 is 2.62 bits per heavy atom. The number of methoxy groups -OCH3 is 2. The van der Waals surface area contributed by atoms with Crippen molar-refractivity contribution >= 4 is 17.9 Å². The van der Waals surface area contributed by atoms with E-state index in [9.17, 15) is 4.79 Å². The molecule has 0 fully saturated rings. The lowest BCUT2D eigenvalue weighted by molar-refractivity contribution is -0.129. The van der Waals surface area contributed by atoms with Crippen molar-refractivity contribution in [3.8, 4) is 23.0 Å². The molecule has 2 aromatic rings. The summed E-state index contributed by atoms with van der Waals surface area (Å²) < 4.78 is 26.4. The van der Waals surface area contributed by atoms with E-state index in [1.807, 2.05) is 0 Å². The van der Waals surface area contributed by atoms with Crippen LogP contribution in [0.15, 0.2) is 47.1 Å². The second kappa shape index (κ2) is 6.44. The molecule has 0 atom stereocenters. The molecule has 132 valence electrons. The van der Waals surface area contributed by atoms with Crippen LogP contribution < -0.4 is 18.9 Å². The fourth-order valence-electron chi connectivity index (χ4n) is 2.66. The highest BCUT2D eigenvalue weighted by Gasteiger charge is 2.26. The Bertz CT molecular complexity index is 947. The predicted octanol–water partition coefficient (Wildman–Crippen LogP) is 2.78. The number of fused-ring (bicyclic) bond motifs is 1. The quantitative estimate of drug-likeness (QED) is 0.621. The van der Waals surface area contributed by atoms with Crippen LogP contribution in [0.1, 0.15) is 11.1 Å². The molecule has 0 N–H and O–H groups in total. The van der Waals surface area contributed by atoms with Gasteiger partial charge in [0.1, 0.15) is 0 Å². The molecule has 7 nitrogen and oxygen atoms in total. The minimum absolute atomic E-state index is 0.176. The average molecular weight is 353 g/mol. The zero-order valence-corrected chi connectivity index (χ0v) is 14.1. The van der Waals surface area contributed by atoms with Crippen molar-refractivity contribution in [2.75, 3.05) is 21.0 Å². The Hall–Kier alpha value is -3.48. The van der Waals surface area contributed by atoms with Crippen molar-refractivity contribution in [1.29, 1.82) is 0 Å². The van der Waals surface area contributed by atoms with Crippen LogP contribution in [0.25, 0.3) is 6.08 Å². The summed E-state index contributed by atoms with van der Waals surface area (Å²) in [5, 5.41) is 0. The molecule has 0 saturated heterocycles. The van der Waals surface area contributed by atoms with Crippen LogP contribution in [0.2, 0.25) is 0 Å². The van der Waals surface area contributed by atoms with Crippen LogP contribution in [-0.4, -0.2) is 32.9 Å². The normalized spacial score (nSPS) is 16.5. The maximum Gasteiger partial charge on any atom is 0.363 e. The van der Waals surface area contributed by atoms with E-state index in [4.69, 9.17) is 23.7 Å². The Labute approximate surface area is 149 Å². The molecule has 7 heteroatoms. The van der Waals surface area contributed by atoms with Crippen LogP contribution in [0.4, 0.5) is 0 Å². The lowest BCUT2D eigenvalue weighted by atomic mass is 10.1. The van der Waals surface area contributed by atoms with Gasteiger partial charge in [-0.15, -0.1) is 0 Å². The standard InChI is InChI=1S/C19H15NO6/c1-22-14-5-3-11(8-16(14)23-2)7-13-19(21)26-18(20-13)12-4-6-15-17(9-12)25-10-24-15/h3-9H,10H2,1-2H3. The molecular weight excluding hydrogens is 338 g/mol. The number of carbonyl (C=O) groups excluding carboxylic acids is 1. The maximum absolute atomic E-state index is 12.2. The first kappa shape index (κ1) is 16.0. The van der Waals surface area contributed by atoms with Gasteiger partial charge in [0.25, 0.3) is 0 Å². The number of hydrogen-bond donors (Lipinski definition) is 0. The van der Waals surface area contributed by atoms with Crippen molar-refractivity contribution in [1.82, 2.24) is 0 Å². The Kier molecular flexibility index (Phi) is 3.96. The lowest BCUT2D eigenvalue weighted by Crippen LogP contribution is -2.05. The van der Waals surface area contributed by atoms with Crippen LogP contribution in [0.5, 0.6) is 23.0 Å². The summed E-state index contributed by atoms with van der Waals surface area (Å²) in [6.07, 6.45) is 1.63. The van der Waals surface area contributed by atoms with Crippen LogP contribution >= 0.6 is 0 Å². The Morgan fingerprint density at radius 2 is 1.81 bits per heavy atom. The molecule has 0 aliphatic carbocycles. The van der Waals surface area contributed by atoms with E-state index in [-0.39, 0.29) is 18.4 Å². The summed E-state index contributed by atoms with van der Waals surface area (Å²) in [6, 6.07) is 10.6. The molecule has 0 radical (unpaired) electrons. The van der Waals surface area contributed by atoms with E-state index in [0.717, 1.165) is 5.56 Å². The minimum Gasteiger partial charge on any atom is -0.493 e. The number of rotatable bonds is 4. The van der Waals surface area contributed by atoms with E-state index in [1.165, 1.54) is 0 Å². The summed E-state index contributed by atoms with van der Waals surface area (Å²) in [6.45, 7) is 0.176. The van der Waals surface area contributed by atoms with Crippen LogP contribution in [-0.2, 0) is 9.53 Å². The molecule has 0 saturated carbocycles. The van der Waals surface area contributed by atoms with Crippen molar-refractivity contribution in [2.24, 2.45) is 4.99 Å². The predicted molar refractivity (Wildman–Crippen MR) is 92.7 cm³/mol. The molecule has 0 unspecified atom stereocenters. The largest absolute Gasteiger partial charge is 0.493 e. The van der Waals surface area contributed by atoms with Gasteiger partial charge in [0, 0.05) is 5.56 Å². The minimum atomic E-state index is -0.521. The summed E-state index contributed by atoms with van der Waals surface area (Å²) in [5.74, 6) is 2.12. The van der Waals surface area contributed by atoms with Gasteiger partial charge in [-0.05, 0) is 42.0 Å². The van der Waals surface area contributed by atoms with Crippen molar-refractivity contribution < 1.29 is 28.5 Å². The highest BCUT2D eigenvalue weighted by atomic mass is 16.7. The van der Waals surface area contributed by atoms with Crippen LogP contribution in [0.3, 0.4) is 0 Å². The van der Waals surface area contributed by atoms with Gasteiger partial charge < -0.3 is 23.7 Å². The number of cyclic esters (lactones) is 1. The third kappa shape index (κ3) is 2.83. The van der Waals surface area contributed by atoms with Gasteiger partial charge >= 0.3 is 5.97 Å². The number of carbonyl (C=O) groups is 1. The number of hydrogen-bond acceptors (Lipinski definition) is 7. The first-order chi connectivity index (χ1) is 12.7. The number of esters is 1. The highest BCUT2D eigenvalue weighted by Crippen LogP contribution is 2.34. The number of benzene rings is 2. The summed E-state index contributed by atoms with van der Waals surface area (Å²) in [4.78, 5) is 16.5. The SMILES string of the molecule is COc1ccc(C=C2N=C(c3ccc4c(c3)OCO4)OC2=O)cc1OC. The molecule has 26 heavy (non-hydrogen) atoms. The first-order valence-electron chi connectivity index (χ1n) is 7.82. The molecular formula is C19H15NO6. The number of nitrogens with zero attached hydrogens (tertiary/aromatic N) is 1. The lowest BCUT2D eigenvalue weighted by Gasteiger charge is -2.07. The van der Waals surface area contributed by atoms with E-state index >= 15 is 0 Å².